The van der Waals surface area contributed by atoms with Crippen molar-refractivity contribution < 1.29 is 9.59 Å². The van der Waals surface area contributed by atoms with Crippen molar-refractivity contribution >= 4 is 23.2 Å². The largest absolute Gasteiger partial charge is 0.347 e. The zero-order valence-electron chi connectivity index (χ0n) is 14.0. The normalized spacial score (nSPS) is 22.5. The number of thiazole rings is 1. The molecule has 0 saturated heterocycles. The molecule has 0 spiro atoms. The van der Waals surface area contributed by atoms with Gasteiger partial charge in [0.1, 0.15) is 5.69 Å². The maximum absolute atomic E-state index is 13.0. The molecule has 1 fully saturated rings. The van der Waals surface area contributed by atoms with Crippen LogP contribution in [0.3, 0.4) is 0 Å². The average molecular weight is 355 g/mol. The standard InChI is InChI=1S/C19H21N3O2S/c23-18(17-11-25-12-20-17)21-16-7-3-6-15(16)19(24)22-9-8-13-4-1-2-5-14(13)10-22/h1-2,4-5,11-12,15-16H,3,6-10H2,(H,21,23)/t15-,16+/m0/s1. The summed E-state index contributed by atoms with van der Waals surface area (Å²) in [6, 6.07) is 8.24. The second-order valence-electron chi connectivity index (χ2n) is 6.77. The molecule has 5 nitrogen and oxygen atoms in total. The third kappa shape index (κ3) is 3.31. The number of carbonyl (C=O) groups is 2. The highest BCUT2D eigenvalue weighted by Gasteiger charge is 2.37. The van der Waals surface area contributed by atoms with Crippen molar-refractivity contribution in [2.45, 2.75) is 38.3 Å². The molecule has 0 unspecified atom stereocenters. The van der Waals surface area contributed by atoms with Crippen molar-refractivity contribution in [2.24, 2.45) is 5.92 Å². The number of fused-ring (bicyclic) bond motifs is 1. The smallest absolute Gasteiger partial charge is 0.270 e. The van der Waals surface area contributed by atoms with Gasteiger partial charge in [-0.3, -0.25) is 9.59 Å². The number of amides is 2. The summed E-state index contributed by atoms with van der Waals surface area (Å²) in [5.41, 5.74) is 4.67. The molecule has 0 radical (unpaired) electrons. The lowest BCUT2D eigenvalue weighted by Crippen LogP contribution is -2.47. The van der Waals surface area contributed by atoms with Gasteiger partial charge in [-0.15, -0.1) is 11.3 Å². The molecule has 25 heavy (non-hydrogen) atoms. The number of rotatable bonds is 3. The fraction of sp³-hybridized carbons (Fsp3) is 0.421. The molecule has 130 valence electrons. The Morgan fingerprint density at radius 1 is 1.20 bits per heavy atom. The van der Waals surface area contributed by atoms with Gasteiger partial charge in [0.2, 0.25) is 5.91 Å². The van der Waals surface area contributed by atoms with Crippen LogP contribution in [0, 0.1) is 5.92 Å². The van der Waals surface area contributed by atoms with Gasteiger partial charge in [0.25, 0.3) is 5.91 Å². The van der Waals surface area contributed by atoms with Gasteiger partial charge in [-0.1, -0.05) is 30.7 Å². The number of nitrogens with zero attached hydrogens (tertiary/aromatic N) is 2. The Hall–Kier alpha value is -2.21. The lowest BCUT2D eigenvalue weighted by molar-refractivity contribution is -0.136. The van der Waals surface area contributed by atoms with E-state index in [1.807, 2.05) is 11.0 Å². The van der Waals surface area contributed by atoms with Gasteiger partial charge < -0.3 is 10.2 Å². The summed E-state index contributed by atoms with van der Waals surface area (Å²) in [6.07, 6.45) is 3.59. The number of hydrogen-bond donors (Lipinski definition) is 1. The number of hydrogen-bond acceptors (Lipinski definition) is 4. The molecule has 0 bridgehead atoms. The van der Waals surface area contributed by atoms with E-state index in [9.17, 15) is 9.59 Å². The number of benzene rings is 1. The molecule has 1 aliphatic carbocycles. The van der Waals surface area contributed by atoms with Crippen LogP contribution >= 0.6 is 11.3 Å². The Labute approximate surface area is 151 Å². The summed E-state index contributed by atoms with van der Waals surface area (Å²) in [5, 5.41) is 4.77. The zero-order chi connectivity index (χ0) is 17.2. The van der Waals surface area contributed by atoms with Gasteiger partial charge in [-0.05, 0) is 30.4 Å². The molecule has 4 rings (SSSR count). The molecule has 2 heterocycles. The topological polar surface area (TPSA) is 62.3 Å². The Morgan fingerprint density at radius 3 is 2.84 bits per heavy atom. The lowest BCUT2D eigenvalue weighted by Gasteiger charge is -2.32. The van der Waals surface area contributed by atoms with Crippen LogP contribution in [0.25, 0.3) is 0 Å². The van der Waals surface area contributed by atoms with Crippen LogP contribution in [-0.4, -0.2) is 34.3 Å². The summed E-state index contributed by atoms with van der Waals surface area (Å²) in [5.74, 6) is -0.113. The molecule has 2 atom stereocenters. The summed E-state index contributed by atoms with van der Waals surface area (Å²) < 4.78 is 0. The van der Waals surface area contributed by atoms with E-state index in [2.05, 4.69) is 28.5 Å². The molecule has 1 aromatic carbocycles. The highest BCUT2D eigenvalue weighted by atomic mass is 32.1. The molecule has 1 aromatic heterocycles. The minimum atomic E-state index is -0.171. The molecule has 2 aliphatic rings. The third-order valence-corrected chi connectivity index (χ3v) is 5.84. The van der Waals surface area contributed by atoms with Crippen molar-refractivity contribution in [3.05, 3.63) is 52.0 Å². The van der Waals surface area contributed by atoms with E-state index in [0.29, 0.717) is 12.2 Å². The first-order valence-corrected chi connectivity index (χ1v) is 9.71. The van der Waals surface area contributed by atoms with Crippen LogP contribution in [0.5, 0.6) is 0 Å². The van der Waals surface area contributed by atoms with Crippen molar-refractivity contribution in [1.82, 2.24) is 15.2 Å². The molecule has 6 heteroatoms. The Bertz CT molecular complexity index is 775. The first-order chi connectivity index (χ1) is 12.2. The molecular weight excluding hydrogens is 334 g/mol. The second kappa shape index (κ2) is 6.96. The van der Waals surface area contributed by atoms with Crippen molar-refractivity contribution in [1.29, 1.82) is 0 Å². The van der Waals surface area contributed by atoms with Gasteiger partial charge in [-0.25, -0.2) is 4.98 Å². The van der Waals surface area contributed by atoms with E-state index in [1.165, 1.54) is 22.5 Å². The Kier molecular flexibility index (Phi) is 4.53. The van der Waals surface area contributed by atoms with E-state index in [-0.39, 0.29) is 23.8 Å². The minimum Gasteiger partial charge on any atom is -0.347 e. The van der Waals surface area contributed by atoms with Crippen LogP contribution in [0.15, 0.2) is 35.2 Å². The zero-order valence-corrected chi connectivity index (χ0v) is 14.8. The van der Waals surface area contributed by atoms with Crippen molar-refractivity contribution in [3.63, 3.8) is 0 Å². The maximum Gasteiger partial charge on any atom is 0.270 e. The van der Waals surface area contributed by atoms with Gasteiger partial charge in [0, 0.05) is 24.5 Å². The highest BCUT2D eigenvalue weighted by molar-refractivity contribution is 7.07. The average Bonchev–Trinajstić information content (AvgIpc) is 3.32. The van der Waals surface area contributed by atoms with E-state index in [4.69, 9.17) is 0 Å². The first kappa shape index (κ1) is 16.3. The van der Waals surface area contributed by atoms with Crippen LogP contribution in [-0.2, 0) is 17.8 Å². The highest BCUT2D eigenvalue weighted by Crippen LogP contribution is 2.30. The monoisotopic (exact) mass is 355 g/mol. The summed E-state index contributed by atoms with van der Waals surface area (Å²) in [6.45, 7) is 1.44. The van der Waals surface area contributed by atoms with E-state index >= 15 is 0 Å². The van der Waals surface area contributed by atoms with Gasteiger partial charge >= 0.3 is 0 Å². The summed E-state index contributed by atoms with van der Waals surface area (Å²) >= 11 is 1.40. The quantitative estimate of drug-likeness (QED) is 0.921. The predicted molar refractivity (Wildman–Crippen MR) is 96.3 cm³/mol. The summed E-state index contributed by atoms with van der Waals surface area (Å²) in [7, 11) is 0. The van der Waals surface area contributed by atoms with Gasteiger partial charge in [-0.2, -0.15) is 0 Å². The molecule has 1 aliphatic heterocycles. The van der Waals surface area contributed by atoms with Crippen molar-refractivity contribution in [3.8, 4) is 0 Å². The molecular formula is C19H21N3O2S. The first-order valence-electron chi connectivity index (χ1n) is 8.77. The second-order valence-corrected chi connectivity index (χ2v) is 7.49. The fourth-order valence-corrected chi connectivity index (χ4v) is 4.45. The van der Waals surface area contributed by atoms with Crippen LogP contribution < -0.4 is 5.32 Å². The maximum atomic E-state index is 13.0. The molecule has 2 aromatic rings. The number of aromatic nitrogens is 1. The number of carbonyl (C=O) groups excluding carboxylic acids is 2. The predicted octanol–water partition coefficient (Wildman–Crippen LogP) is 2.63. The molecule has 2 amide bonds. The Morgan fingerprint density at radius 2 is 2.04 bits per heavy atom. The van der Waals surface area contributed by atoms with Gasteiger partial charge in [0.05, 0.1) is 11.4 Å². The summed E-state index contributed by atoms with van der Waals surface area (Å²) in [4.78, 5) is 31.3. The fourth-order valence-electron chi connectivity index (χ4n) is 3.91. The lowest BCUT2D eigenvalue weighted by atomic mass is 9.96. The third-order valence-electron chi connectivity index (χ3n) is 5.26. The molecule has 1 N–H and O–H groups in total. The van der Waals surface area contributed by atoms with E-state index < -0.39 is 0 Å². The van der Waals surface area contributed by atoms with Crippen molar-refractivity contribution in [2.75, 3.05) is 6.54 Å². The Balaban J connectivity index is 1.43. The van der Waals surface area contributed by atoms with Crippen LogP contribution in [0.4, 0.5) is 0 Å². The minimum absolute atomic E-state index is 0.0844. The van der Waals surface area contributed by atoms with E-state index in [0.717, 1.165) is 32.2 Å². The van der Waals surface area contributed by atoms with Crippen LogP contribution in [0.1, 0.15) is 40.9 Å². The SMILES string of the molecule is O=C(N[C@@H]1CCC[C@@H]1C(=O)N1CCc2ccccc2C1)c1cscn1. The molecule has 1 saturated carbocycles. The number of nitrogens with one attached hydrogen (secondary N) is 1. The van der Waals surface area contributed by atoms with Crippen LogP contribution in [0.2, 0.25) is 0 Å². The van der Waals surface area contributed by atoms with Gasteiger partial charge in [0.15, 0.2) is 0 Å². The van der Waals surface area contributed by atoms with E-state index in [1.54, 1.807) is 10.9 Å².